The summed E-state index contributed by atoms with van der Waals surface area (Å²) < 4.78 is 1.98. The number of thioether (sulfide) groups is 1. The Labute approximate surface area is 103 Å². The van der Waals surface area contributed by atoms with E-state index in [9.17, 15) is 0 Å². The Kier molecular flexibility index (Phi) is 5.91. The highest BCUT2D eigenvalue weighted by atomic mass is 32.2. The maximum Gasteiger partial charge on any atom is 0.0537 e. The van der Waals surface area contributed by atoms with Gasteiger partial charge < -0.3 is 5.32 Å². The summed E-state index contributed by atoms with van der Waals surface area (Å²) in [6, 6.07) is 0.416. The van der Waals surface area contributed by atoms with Gasteiger partial charge in [-0.1, -0.05) is 13.8 Å². The van der Waals surface area contributed by atoms with Gasteiger partial charge in [-0.05, 0) is 20.4 Å². The maximum atomic E-state index is 4.32. The van der Waals surface area contributed by atoms with Gasteiger partial charge in [0, 0.05) is 35.3 Å². The van der Waals surface area contributed by atoms with Crippen molar-refractivity contribution in [3.05, 3.63) is 18.0 Å². The molecule has 2 atom stereocenters. The van der Waals surface area contributed by atoms with Crippen molar-refractivity contribution in [2.75, 3.05) is 12.8 Å². The number of aromatic nitrogens is 2. The number of rotatable bonds is 7. The normalized spacial score (nSPS) is 15.0. The second-order valence-electron chi connectivity index (χ2n) is 4.02. The van der Waals surface area contributed by atoms with Crippen molar-refractivity contribution >= 4 is 11.8 Å². The molecule has 0 saturated heterocycles. The Morgan fingerprint density at radius 2 is 2.25 bits per heavy atom. The predicted molar refractivity (Wildman–Crippen MR) is 71.9 cm³/mol. The second kappa shape index (κ2) is 6.97. The van der Waals surface area contributed by atoms with Gasteiger partial charge in [-0.2, -0.15) is 16.9 Å². The molecule has 1 rings (SSSR count). The molecule has 1 aromatic rings. The molecule has 3 nitrogen and oxygen atoms in total. The summed E-state index contributed by atoms with van der Waals surface area (Å²) >= 11 is 2.02. The van der Waals surface area contributed by atoms with E-state index in [2.05, 4.69) is 37.4 Å². The molecule has 4 heteroatoms. The highest BCUT2D eigenvalue weighted by Gasteiger charge is 2.12. The lowest BCUT2D eigenvalue weighted by molar-refractivity contribution is 0.644. The summed E-state index contributed by atoms with van der Waals surface area (Å²) in [6.45, 7) is 7.57. The molecule has 1 aromatic heterocycles. The average Bonchev–Trinajstić information content (AvgIpc) is 2.78. The zero-order chi connectivity index (χ0) is 12.0. The van der Waals surface area contributed by atoms with Crippen molar-refractivity contribution in [1.82, 2.24) is 15.1 Å². The first-order chi connectivity index (χ1) is 7.71. The first kappa shape index (κ1) is 13.6. The molecule has 0 aliphatic rings. The van der Waals surface area contributed by atoms with Crippen molar-refractivity contribution in [2.45, 2.75) is 45.0 Å². The van der Waals surface area contributed by atoms with E-state index in [0.717, 1.165) is 17.5 Å². The number of hydrogen-bond acceptors (Lipinski definition) is 3. The molecule has 0 fully saturated rings. The standard InChI is InChI=1S/C12H23N3S/c1-5-10(3)16-9-12(13-4)11-7-14-15(6-2)8-11/h7-8,10,12-13H,5-6,9H2,1-4H3. The smallest absolute Gasteiger partial charge is 0.0537 e. The molecule has 0 saturated carbocycles. The fourth-order valence-electron chi connectivity index (χ4n) is 1.46. The SMILES string of the molecule is CCC(C)SCC(NC)c1cnn(CC)c1. The van der Waals surface area contributed by atoms with Gasteiger partial charge >= 0.3 is 0 Å². The quantitative estimate of drug-likeness (QED) is 0.796. The zero-order valence-corrected chi connectivity index (χ0v) is 11.5. The van der Waals surface area contributed by atoms with Gasteiger partial charge in [0.15, 0.2) is 0 Å². The summed E-state index contributed by atoms with van der Waals surface area (Å²) in [5, 5.41) is 8.41. The minimum atomic E-state index is 0.416. The van der Waals surface area contributed by atoms with Gasteiger partial charge in [0.2, 0.25) is 0 Å². The molecule has 0 bridgehead atoms. The van der Waals surface area contributed by atoms with Gasteiger partial charge in [0.25, 0.3) is 0 Å². The van der Waals surface area contributed by atoms with Crippen LogP contribution in [0.2, 0.25) is 0 Å². The summed E-state index contributed by atoms with van der Waals surface area (Å²) in [5.74, 6) is 1.11. The van der Waals surface area contributed by atoms with E-state index < -0.39 is 0 Å². The summed E-state index contributed by atoms with van der Waals surface area (Å²) in [6.07, 6.45) is 5.34. The van der Waals surface area contributed by atoms with Crippen LogP contribution < -0.4 is 5.32 Å². The molecule has 0 spiro atoms. The molecule has 16 heavy (non-hydrogen) atoms. The number of hydrogen-bond donors (Lipinski definition) is 1. The van der Waals surface area contributed by atoms with E-state index in [1.165, 1.54) is 12.0 Å². The van der Waals surface area contributed by atoms with Crippen molar-refractivity contribution in [1.29, 1.82) is 0 Å². The second-order valence-corrected chi connectivity index (χ2v) is 5.49. The van der Waals surface area contributed by atoms with Gasteiger partial charge in [-0.15, -0.1) is 0 Å². The molecule has 0 aliphatic heterocycles. The van der Waals surface area contributed by atoms with Gasteiger partial charge in [-0.3, -0.25) is 4.68 Å². The summed E-state index contributed by atoms with van der Waals surface area (Å²) in [7, 11) is 2.02. The van der Waals surface area contributed by atoms with Crippen LogP contribution in [0.25, 0.3) is 0 Å². The van der Waals surface area contributed by atoms with Crippen LogP contribution in [0.15, 0.2) is 12.4 Å². The van der Waals surface area contributed by atoms with Crippen molar-refractivity contribution in [2.24, 2.45) is 0 Å². The van der Waals surface area contributed by atoms with Crippen LogP contribution >= 0.6 is 11.8 Å². The minimum absolute atomic E-state index is 0.416. The molecule has 0 aromatic carbocycles. The fourth-order valence-corrected chi connectivity index (χ4v) is 2.57. The van der Waals surface area contributed by atoms with Gasteiger partial charge in [0.1, 0.15) is 0 Å². The van der Waals surface area contributed by atoms with Crippen LogP contribution in [-0.4, -0.2) is 27.8 Å². The molecule has 1 N–H and O–H groups in total. The first-order valence-electron chi connectivity index (χ1n) is 6.02. The van der Waals surface area contributed by atoms with Crippen LogP contribution in [0.3, 0.4) is 0 Å². The lowest BCUT2D eigenvalue weighted by atomic mass is 10.2. The average molecular weight is 241 g/mol. The molecule has 0 aliphatic carbocycles. The topological polar surface area (TPSA) is 29.9 Å². The van der Waals surface area contributed by atoms with Crippen molar-refractivity contribution in [3.63, 3.8) is 0 Å². The Hall–Kier alpha value is -0.480. The summed E-state index contributed by atoms with van der Waals surface area (Å²) in [4.78, 5) is 0. The molecule has 92 valence electrons. The highest BCUT2D eigenvalue weighted by molar-refractivity contribution is 7.99. The fraction of sp³-hybridized carbons (Fsp3) is 0.750. The highest BCUT2D eigenvalue weighted by Crippen LogP contribution is 2.22. The summed E-state index contributed by atoms with van der Waals surface area (Å²) in [5.41, 5.74) is 1.29. The third-order valence-corrected chi connectivity index (χ3v) is 4.28. The van der Waals surface area contributed by atoms with Crippen molar-refractivity contribution in [3.8, 4) is 0 Å². The number of nitrogens with one attached hydrogen (secondary N) is 1. The molecule has 0 radical (unpaired) electrons. The molecular weight excluding hydrogens is 218 g/mol. The lowest BCUT2D eigenvalue weighted by Crippen LogP contribution is -2.19. The van der Waals surface area contributed by atoms with Crippen LogP contribution in [0.5, 0.6) is 0 Å². The Morgan fingerprint density at radius 3 is 2.75 bits per heavy atom. The van der Waals surface area contributed by atoms with E-state index in [1.54, 1.807) is 0 Å². The Bertz CT molecular complexity index is 298. The third-order valence-electron chi connectivity index (χ3n) is 2.85. The van der Waals surface area contributed by atoms with Gasteiger partial charge in [-0.25, -0.2) is 0 Å². The molecular formula is C12H23N3S. The van der Waals surface area contributed by atoms with Crippen LogP contribution in [0.4, 0.5) is 0 Å². The van der Waals surface area contributed by atoms with E-state index in [-0.39, 0.29) is 0 Å². The maximum absolute atomic E-state index is 4.32. The first-order valence-corrected chi connectivity index (χ1v) is 7.07. The Balaban J connectivity index is 2.53. The zero-order valence-electron chi connectivity index (χ0n) is 10.7. The molecule has 1 heterocycles. The van der Waals surface area contributed by atoms with Crippen LogP contribution in [0.1, 0.15) is 38.8 Å². The van der Waals surface area contributed by atoms with Crippen LogP contribution in [-0.2, 0) is 6.54 Å². The molecule has 0 amide bonds. The van der Waals surface area contributed by atoms with E-state index in [1.807, 2.05) is 29.7 Å². The largest absolute Gasteiger partial charge is 0.312 e. The monoisotopic (exact) mass is 241 g/mol. The van der Waals surface area contributed by atoms with Gasteiger partial charge in [0.05, 0.1) is 6.20 Å². The Morgan fingerprint density at radius 1 is 1.50 bits per heavy atom. The van der Waals surface area contributed by atoms with E-state index >= 15 is 0 Å². The minimum Gasteiger partial charge on any atom is -0.312 e. The third kappa shape index (κ3) is 3.83. The van der Waals surface area contributed by atoms with Crippen LogP contribution in [0, 0.1) is 0 Å². The van der Waals surface area contributed by atoms with E-state index in [0.29, 0.717) is 6.04 Å². The predicted octanol–water partition coefficient (Wildman–Crippen LogP) is 2.70. The number of aryl methyl sites for hydroxylation is 1. The number of nitrogens with zero attached hydrogens (tertiary/aromatic N) is 2. The van der Waals surface area contributed by atoms with Crippen molar-refractivity contribution < 1.29 is 0 Å². The lowest BCUT2D eigenvalue weighted by Gasteiger charge is -2.16. The van der Waals surface area contributed by atoms with E-state index in [4.69, 9.17) is 0 Å². The molecule has 2 unspecified atom stereocenters.